The molecule has 1 amide bonds. The molecule has 1 aromatic rings. The van der Waals surface area contributed by atoms with E-state index in [0.29, 0.717) is 14.6 Å². The number of nitrogen functional groups attached to an aromatic ring is 1. The predicted octanol–water partition coefficient (Wildman–Crippen LogP) is 2.60. The van der Waals surface area contributed by atoms with E-state index in [9.17, 15) is 13.2 Å². The minimum absolute atomic E-state index is 0.0187. The van der Waals surface area contributed by atoms with E-state index in [0.717, 1.165) is 0 Å². The first-order valence-electron chi connectivity index (χ1n) is 6.63. The molecule has 4 N–H and O–H groups in total. The number of ether oxygens (including phenoxy) is 1. The van der Waals surface area contributed by atoms with Gasteiger partial charge >= 0.3 is 6.09 Å². The average molecular weight is 473 g/mol. The molecule has 23 heavy (non-hydrogen) atoms. The largest absolute Gasteiger partial charge is 0.444 e. The Morgan fingerprint density at radius 2 is 1.74 bits per heavy atom. The van der Waals surface area contributed by atoms with E-state index in [1.54, 1.807) is 20.8 Å². The molecule has 1 aromatic carbocycles. The van der Waals surface area contributed by atoms with Crippen LogP contribution in [0.2, 0.25) is 0 Å². The second kappa shape index (κ2) is 7.82. The first kappa shape index (κ1) is 20.2. The maximum Gasteiger partial charge on any atom is 0.407 e. The summed E-state index contributed by atoms with van der Waals surface area (Å²) in [4.78, 5) is 11.5. The Bertz CT molecular complexity index is 664. The van der Waals surface area contributed by atoms with Crippen LogP contribution in [0.1, 0.15) is 20.8 Å². The topological polar surface area (TPSA) is 111 Å². The molecule has 1 rings (SSSR count). The molecule has 0 atom stereocenters. The maximum absolute atomic E-state index is 12.3. The molecule has 0 bridgehead atoms. The number of carbonyl (C=O) groups excluding carboxylic acids is 1. The zero-order chi connectivity index (χ0) is 17.8. The van der Waals surface area contributed by atoms with Crippen molar-refractivity contribution < 1.29 is 17.9 Å². The number of hydrogen-bond acceptors (Lipinski definition) is 5. The van der Waals surface area contributed by atoms with E-state index in [2.05, 4.69) is 41.9 Å². The lowest BCUT2D eigenvalue weighted by Crippen LogP contribution is -2.38. The SMILES string of the molecule is CC(C)(C)OC(=O)NCCNS(=O)(=O)c1c(Br)cc(N)cc1Br. The van der Waals surface area contributed by atoms with Crippen LogP contribution in [0.3, 0.4) is 0 Å². The summed E-state index contributed by atoms with van der Waals surface area (Å²) in [5.41, 5.74) is 5.46. The molecule has 0 saturated heterocycles. The Morgan fingerprint density at radius 1 is 1.22 bits per heavy atom. The zero-order valence-electron chi connectivity index (χ0n) is 12.9. The number of rotatable bonds is 5. The van der Waals surface area contributed by atoms with Gasteiger partial charge in [-0.1, -0.05) is 0 Å². The van der Waals surface area contributed by atoms with Crippen LogP contribution in [0, 0.1) is 0 Å². The van der Waals surface area contributed by atoms with Gasteiger partial charge in [0.2, 0.25) is 10.0 Å². The fourth-order valence-electron chi connectivity index (χ4n) is 1.57. The summed E-state index contributed by atoms with van der Waals surface area (Å²) in [6, 6.07) is 3.00. The van der Waals surface area contributed by atoms with Crippen LogP contribution in [0.4, 0.5) is 10.5 Å². The van der Waals surface area contributed by atoms with Gasteiger partial charge in [0, 0.05) is 27.7 Å². The number of benzene rings is 1. The minimum Gasteiger partial charge on any atom is -0.444 e. The van der Waals surface area contributed by atoms with Crippen molar-refractivity contribution in [1.29, 1.82) is 0 Å². The number of amides is 1. The molecule has 130 valence electrons. The van der Waals surface area contributed by atoms with Crippen LogP contribution < -0.4 is 15.8 Å². The monoisotopic (exact) mass is 471 g/mol. The molecule has 0 unspecified atom stereocenters. The van der Waals surface area contributed by atoms with Gasteiger partial charge in [0.05, 0.1) is 0 Å². The van der Waals surface area contributed by atoms with Gasteiger partial charge in [-0.25, -0.2) is 17.9 Å². The Hall–Kier alpha value is -0.840. The van der Waals surface area contributed by atoms with Crippen molar-refractivity contribution in [3.63, 3.8) is 0 Å². The Morgan fingerprint density at radius 3 is 2.22 bits per heavy atom. The van der Waals surface area contributed by atoms with E-state index >= 15 is 0 Å². The standard InChI is InChI=1S/C13H19Br2N3O4S/c1-13(2,3)22-12(19)17-4-5-18-23(20,21)11-9(14)6-8(16)7-10(11)15/h6-7,18H,4-5,16H2,1-3H3,(H,17,19). The molecular weight excluding hydrogens is 454 g/mol. The van der Waals surface area contributed by atoms with Gasteiger partial charge in [0.1, 0.15) is 10.5 Å². The molecule has 0 spiro atoms. The quantitative estimate of drug-likeness (QED) is 0.450. The maximum atomic E-state index is 12.3. The summed E-state index contributed by atoms with van der Waals surface area (Å²) in [5, 5.41) is 2.47. The van der Waals surface area contributed by atoms with Gasteiger partial charge in [-0.3, -0.25) is 0 Å². The minimum atomic E-state index is -3.76. The van der Waals surface area contributed by atoms with Crippen LogP contribution in [-0.2, 0) is 14.8 Å². The van der Waals surface area contributed by atoms with Crippen LogP contribution in [-0.4, -0.2) is 33.2 Å². The lowest BCUT2D eigenvalue weighted by molar-refractivity contribution is 0.0529. The van der Waals surface area contributed by atoms with Crippen molar-refractivity contribution >= 4 is 53.7 Å². The fraction of sp³-hybridized carbons (Fsp3) is 0.462. The van der Waals surface area contributed by atoms with E-state index in [-0.39, 0.29) is 18.0 Å². The summed E-state index contributed by atoms with van der Waals surface area (Å²) in [5.74, 6) is 0. The normalized spacial score (nSPS) is 12.0. The number of alkyl carbamates (subject to hydrolysis) is 1. The van der Waals surface area contributed by atoms with E-state index in [1.165, 1.54) is 12.1 Å². The molecule has 0 aromatic heterocycles. The molecule has 0 radical (unpaired) electrons. The highest BCUT2D eigenvalue weighted by Crippen LogP contribution is 2.32. The predicted molar refractivity (Wildman–Crippen MR) is 95.7 cm³/mol. The van der Waals surface area contributed by atoms with E-state index in [1.807, 2.05) is 0 Å². The number of anilines is 1. The number of nitrogens with two attached hydrogens (primary N) is 1. The first-order chi connectivity index (χ1) is 10.4. The number of carbonyl (C=O) groups is 1. The van der Waals surface area contributed by atoms with E-state index in [4.69, 9.17) is 10.5 Å². The van der Waals surface area contributed by atoms with Crippen molar-refractivity contribution in [3.05, 3.63) is 21.1 Å². The van der Waals surface area contributed by atoms with Crippen molar-refractivity contribution in [1.82, 2.24) is 10.0 Å². The number of nitrogens with one attached hydrogen (secondary N) is 2. The molecule has 0 saturated carbocycles. The molecule has 0 aliphatic carbocycles. The van der Waals surface area contributed by atoms with Gasteiger partial charge in [-0.05, 0) is 64.8 Å². The summed E-state index contributed by atoms with van der Waals surface area (Å²) in [7, 11) is -3.76. The molecule has 10 heteroatoms. The number of halogens is 2. The lowest BCUT2D eigenvalue weighted by atomic mass is 10.2. The number of sulfonamides is 1. The highest BCUT2D eigenvalue weighted by molar-refractivity contribution is 9.11. The third kappa shape index (κ3) is 6.66. The summed E-state index contributed by atoms with van der Waals surface area (Å²) >= 11 is 6.36. The molecule has 0 aliphatic heterocycles. The lowest BCUT2D eigenvalue weighted by Gasteiger charge is -2.19. The van der Waals surface area contributed by atoms with Gasteiger partial charge in [0.25, 0.3) is 0 Å². The molecular formula is C13H19Br2N3O4S. The van der Waals surface area contributed by atoms with Gasteiger partial charge < -0.3 is 15.8 Å². The molecule has 0 fully saturated rings. The molecule has 0 aliphatic rings. The Balaban J connectivity index is 2.63. The zero-order valence-corrected chi connectivity index (χ0v) is 16.9. The van der Waals surface area contributed by atoms with Crippen LogP contribution in [0.15, 0.2) is 26.0 Å². The first-order valence-corrected chi connectivity index (χ1v) is 9.70. The third-order valence-corrected chi connectivity index (χ3v) is 5.71. The van der Waals surface area contributed by atoms with Crippen molar-refractivity contribution in [3.8, 4) is 0 Å². The third-order valence-electron chi connectivity index (χ3n) is 2.37. The van der Waals surface area contributed by atoms with Gasteiger partial charge in [0.15, 0.2) is 0 Å². The van der Waals surface area contributed by atoms with Crippen molar-refractivity contribution in [2.75, 3.05) is 18.8 Å². The summed E-state index contributed by atoms with van der Waals surface area (Å²) < 4.78 is 32.7. The van der Waals surface area contributed by atoms with Crippen molar-refractivity contribution in [2.45, 2.75) is 31.3 Å². The smallest absolute Gasteiger partial charge is 0.407 e. The molecule has 7 nitrogen and oxygen atoms in total. The van der Waals surface area contributed by atoms with Crippen LogP contribution in [0.5, 0.6) is 0 Å². The second-order valence-corrected chi connectivity index (χ2v) is 9.05. The van der Waals surface area contributed by atoms with Crippen LogP contribution >= 0.6 is 31.9 Å². The number of hydrogen-bond donors (Lipinski definition) is 3. The fourth-order valence-corrected chi connectivity index (χ4v) is 5.22. The second-order valence-electron chi connectivity index (χ2n) is 5.64. The highest BCUT2D eigenvalue weighted by atomic mass is 79.9. The highest BCUT2D eigenvalue weighted by Gasteiger charge is 2.21. The average Bonchev–Trinajstić information content (AvgIpc) is 2.30. The Labute approximate surface area is 152 Å². The Kier molecular flexibility index (Phi) is 6.87. The molecule has 0 heterocycles. The van der Waals surface area contributed by atoms with Crippen molar-refractivity contribution in [2.24, 2.45) is 0 Å². The van der Waals surface area contributed by atoms with Crippen LogP contribution in [0.25, 0.3) is 0 Å². The summed E-state index contributed by atoms with van der Waals surface area (Å²) in [6.45, 7) is 5.34. The van der Waals surface area contributed by atoms with E-state index < -0.39 is 21.7 Å². The van der Waals surface area contributed by atoms with Gasteiger partial charge in [-0.2, -0.15) is 0 Å². The summed E-state index contributed by atoms with van der Waals surface area (Å²) in [6.07, 6.45) is -0.605. The van der Waals surface area contributed by atoms with Gasteiger partial charge in [-0.15, -0.1) is 0 Å².